The van der Waals surface area contributed by atoms with Gasteiger partial charge in [0.1, 0.15) is 0 Å². The van der Waals surface area contributed by atoms with Crippen LogP contribution in [0.2, 0.25) is 0 Å². The Labute approximate surface area is 98.7 Å². The molecule has 0 saturated carbocycles. The van der Waals surface area contributed by atoms with Crippen molar-refractivity contribution in [3.63, 3.8) is 0 Å². The minimum atomic E-state index is -5.58. The van der Waals surface area contributed by atoms with E-state index in [9.17, 15) is 31.1 Å². The van der Waals surface area contributed by atoms with Crippen LogP contribution in [0, 0.1) is 5.41 Å². The molecule has 0 aromatic heterocycles. The zero-order valence-electron chi connectivity index (χ0n) is 9.52. The van der Waals surface area contributed by atoms with Crippen LogP contribution in [0.15, 0.2) is 0 Å². The van der Waals surface area contributed by atoms with E-state index in [0.717, 1.165) is 0 Å². The van der Waals surface area contributed by atoms with E-state index in [-0.39, 0.29) is 0 Å². The average molecular weight is 282 g/mol. The Balaban J connectivity index is 4.54. The Kier molecular flexibility index (Phi) is 5.04. The van der Waals surface area contributed by atoms with Gasteiger partial charge in [0.25, 0.3) is 0 Å². The number of hydrogen-bond acceptors (Lipinski definition) is 2. The maximum Gasteiger partial charge on any atom is 0.423 e. The summed E-state index contributed by atoms with van der Waals surface area (Å²) in [5.74, 6) is -1.33. The zero-order chi connectivity index (χ0) is 14.8. The van der Waals surface area contributed by atoms with Gasteiger partial charge in [0.2, 0.25) is 6.10 Å². The highest BCUT2D eigenvalue weighted by Gasteiger charge is 2.58. The van der Waals surface area contributed by atoms with Gasteiger partial charge in [0.05, 0.1) is 5.41 Å². The lowest BCUT2D eigenvalue weighted by molar-refractivity contribution is -0.322. The number of hydrogen-bond donors (Lipinski definition) is 1. The van der Waals surface area contributed by atoms with Crippen molar-refractivity contribution in [2.24, 2.45) is 5.41 Å². The fraction of sp³-hybridized carbons (Fsp3) is 0.889. The van der Waals surface area contributed by atoms with E-state index in [1.165, 1.54) is 13.8 Å². The van der Waals surface area contributed by atoms with Crippen molar-refractivity contribution in [1.82, 2.24) is 0 Å². The van der Waals surface area contributed by atoms with Gasteiger partial charge in [-0.15, -0.1) is 0 Å². The number of carboxylic acids is 1. The van der Waals surface area contributed by atoms with Crippen LogP contribution in [0.3, 0.4) is 0 Å². The lowest BCUT2D eigenvalue weighted by Crippen LogP contribution is -2.45. The first kappa shape index (κ1) is 17.0. The van der Waals surface area contributed by atoms with E-state index >= 15 is 0 Å². The molecule has 0 radical (unpaired) electrons. The second-order valence-corrected chi connectivity index (χ2v) is 4.27. The summed E-state index contributed by atoms with van der Waals surface area (Å²) in [7, 11) is 0. The van der Waals surface area contributed by atoms with Crippen molar-refractivity contribution < 1.29 is 41.0 Å². The second kappa shape index (κ2) is 5.33. The van der Waals surface area contributed by atoms with Crippen molar-refractivity contribution in [2.45, 2.75) is 38.7 Å². The van der Waals surface area contributed by atoms with Crippen LogP contribution in [-0.2, 0) is 9.53 Å². The first-order valence-corrected chi connectivity index (χ1v) is 4.77. The highest BCUT2D eigenvalue weighted by molar-refractivity contribution is 5.73. The molecule has 0 aliphatic heterocycles. The summed E-state index contributed by atoms with van der Waals surface area (Å²) in [6.45, 7) is 1.40. The predicted molar refractivity (Wildman–Crippen MR) is 47.9 cm³/mol. The van der Waals surface area contributed by atoms with E-state index in [2.05, 4.69) is 4.74 Å². The molecule has 0 bridgehead atoms. The maximum absolute atomic E-state index is 12.0. The van der Waals surface area contributed by atoms with Gasteiger partial charge in [-0.2, -0.15) is 26.3 Å². The van der Waals surface area contributed by atoms with Crippen LogP contribution < -0.4 is 0 Å². The van der Waals surface area contributed by atoms with Crippen molar-refractivity contribution in [3.05, 3.63) is 0 Å². The van der Waals surface area contributed by atoms with Gasteiger partial charge >= 0.3 is 18.3 Å². The van der Waals surface area contributed by atoms with Crippen LogP contribution in [0.5, 0.6) is 0 Å². The molecular formula is C9H12F6O3. The number of carboxylic acid groups (broad SMARTS) is 1. The number of rotatable bonds is 5. The highest BCUT2D eigenvalue weighted by atomic mass is 19.4. The topological polar surface area (TPSA) is 46.5 Å². The maximum atomic E-state index is 12.0. The molecule has 0 aliphatic rings. The van der Waals surface area contributed by atoms with E-state index < -0.39 is 42.9 Å². The molecule has 0 saturated heterocycles. The van der Waals surface area contributed by atoms with Crippen LogP contribution >= 0.6 is 0 Å². The number of alkyl halides is 6. The van der Waals surface area contributed by atoms with Gasteiger partial charge in [-0.1, -0.05) is 0 Å². The molecular weight excluding hydrogens is 270 g/mol. The quantitative estimate of drug-likeness (QED) is 0.788. The molecule has 18 heavy (non-hydrogen) atoms. The molecule has 0 aliphatic carbocycles. The van der Waals surface area contributed by atoms with Gasteiger partial charge < -0.3 is 9.84 Å². The fourth-order valence-electron chi connectivity index (χ4n) is 0.913. The Morgan fingerprint density at radius 1 is 1.11 bits per heavy atom. The highest BCUT2D eigenvalue weighted by Crippen LogP contribution is 2.36. The monoisotopic (exact) mass is 282 g/mol. The van der Waals surface area contributed by atoms with Crippen LogP contribution in [0.1, 0.15) is 20.3 Å². The second-order valence-electron chi connectivity index (χ2n) is 4.27. The smallest absolute Gasteiger partial charge is 0.423 e. The molecule has 0 unspecified atom stereocenters. The minimum absolute atomic E-state index is 0.467. The van der Waals surface area contributed by atoms with Gasteiger partial charge in [-0.25, -0.2) is 0 Å². The number of halogens is 6. The number of aliphatic carboxylic acids is 1. The van der Waals surface area contributed by atoms with Gasteiger partial charge in [0, 0.05) is 6.61 Å². The third-order valence-electron chi connectivity index (χ3n) is 2.19. The normalized spacial score (nSPS) is 14.1. The number of ether oxygens (including phenoxy) is 1. The van der Waals surface area contributed by atoms with Crippen LogP contribution in [0.4, 0.5) is 26.3 Å². The molecule has 0 amide bonds. The van der Waals surface area contributed by atoms with Crippen molar-refractivity contribution in [3.8, 4) is 0 Å². The zero-order valence-corrected chi connectivity index (χ0v) is 9.52. The lowest BCUT2D eigenvalue weighted by Gasteiger charge is -2.25. The van der Waals surface area contributed by atoms with Gasteiger partial charge in [-0.3, -0.25) is 4.79 Å². The number of carbonyl (C=O) groups is 1. The molecule has 1 N–H and O–H groups in total. The summed E-state index contributed by atoms with van der Waals surface area (Å²) in [6.07, 6.45) is -15.5. The SMILES string of the molecule is CC(C)(CCOC(C(F)(F)F)C(F)(F)F)C(=O)O. The average Bonchev–Trinajstić information content (AvgIpc) is 2.07. The first-order valence-electron chi connectivity index (χ1n) is 4.77. The Morgan fingerprint density at radius 2 is 1.50 bits per heavy atom. The molecule has 108 valence electrons. The molecule has 9 heteroatoms. The lowest BCUT2D eigenvalue weighted by atomic mass is 9.90. The predicted octanol–water partition coefficient (Wildman–Crippen LogP) is 3.00. The van der Waals surface area contributed by atoms with Crippen molar-refractivity contribution >= 4 is 5.97 Å². The van der Waals surface area contributed by atoms with Gasteiger partial charge in [0.15, 0.2) is 0 Å². The molecule has 3 nitrogen and oxygen atoms in total. The van der Waals surface area contributed by atoms with E-state index in [1.54, 1.807) is 0 Å². The van der Waals surface area contributed by atoms with Crippen molar-refractivity contribution in [1.29, 1.82) is 0 Å². The van der Waals surface area contributed by atoms with Crippen LogP contribution in [0.25, 0.3) is 0 Å². The Bertz CT molecular complexity index is 280. The Hall–Kier alpha value is -0.990. The summed E-state index contributed by atoms with van der Waals surface area (Å²) in [4.78, 5) is 10.6. The third kappa shape index (κ3) is 5.11. The molecule has 0 heterocycles. The minimum Gasteiger partial charge on any atom is -0.481 e. The third-order valence-corrected chi connectivity index (χ3v) is 2.19. The summed E-state index contributed by atoms with van der Waals surface area (Å²) in [5.41, 5.74) is -1.46. The van der Waals surface area contributed by atoms with Crippen molar-refractivity contribution in [2.75, 3.05) is 6.61 Å². The molecule has 0 fully saturated rings. The molecule has 0 aromatic rings. The molecule has 0 rings (SSSR count). The summed E-state index contributed by atoms with van der Waals surface area (Å²) >= 11 is 0. The standard InChI is InChI=1S/C9H12F6O3/c1-7(2,6(16)17)3-4-18-5(8(10,11)12)9(13,14)15/h5H,3-4H2,1-2H3,(H,16,17). The molecule has 0 spiro atoms. The largest absolute Gasteiger partial charge is 0.481 e. The van der Waals surface area contributed by atoms with Crippen LogP contribution in [-0.4, -0.2) is 36.1 Å². The summed E-state index contributed by atoms with van der Waals surface area (Å²) < 4.78 is 75.9. The first-order chi connectivity index (χ1) is 7.78. The van der Waals surface area contributed by atoms with Gasteiger partial charge in [-0.05, 0) is 20.3 Å². The Morgan fingerprint density at radius 3 is 1.78 bits per heavy atom. The fourth-order valence-corrected chi connectivity index (χ4v) is 0.913. The van der Waals surface area contributed by atoms with E-state index in [4.69, 9.17) is 5.11 Å². The molecule has 0 aromatic carbocycles. The van der Waals surface area contributed by atoms with E-state index in [0.29, 0.717) is 0 Å². The molecule has 0 atom stereocenters. The van der Waals surface area contributed by atoms with E-state index in [1.807, 2.05) is 0 Å². The summed E-state index contributed by atoms with van der Waals surface area (Å²) in [6, 6.07) is 0. The summed E-state index contributed by atoms with van der Waals surface area (Å²) in [5, 5.41) is 8.63.